The number of halogens is 3. The SMILES string of the molecule is FC(F)(F)CN1CCc2ccccc2C12CCN(CCc1cccnc1)CC2. The number of hydrogen-bond acceptors (Lipinski definition) is 3. The minimum Gasteiger partial charge on any atom is -0.303 e. The second-order valence-corrected chi connectivity index (χ2v) is 7.93. The van der Waals surface area contributed by atoms with Gasteiger partial charge in [0.1, 0.15) is 0 Å². The molecule has 150 valence electrons. The molecule has 0 unspecified atom stereocenters. The lowest BCUT2D eigenvalue weighted by Crippen LogP contribution is -2.58. The molecule has 2 aliphatic heterocycles. The van der Waals surface area contributed by atoms with Crippen molar-refractivity contribution in [1.29, 1.82) is 0 Å². The highest BCUT2D eigenvalue weighted by molar-refractivity contribution is 5.37. The smallest absolute Gasteiger partial charge is 0.303 e. The number of hydrogen-bond donors (Lipinski definition) is 0. The molecule has 0 amide bonds. The van der Waals surface area contributed by atoms with Crippen LogP contribution in [-0.4, -0.2) is 53.7 Å². The average molecular weight is 389 g/mol. The summed E-state index contributed by atoms with van der Waals surface area (Å²) in [5.41, 5.74) is 3.03. The van der Waals surface area contributed by atoms with Crippen molar-refractivity contribution in [2.24, 2.45) is 0 Å². The number of piperidine rings is 1. The maximum Gasteiger partial charge on any atom is 0.401 e. The predicted molar refractivity (Wildman–Crippen MR) is 103 cm³/mol. The third kappa shape index (κ3) is 4.08. The summed E-state index contributed by atoms with van der Waals surface area (Å²) in [5.74, 6) is 0. The number of rotatable bonds is 4. The minimum atomic E-state index is -4.17. The quantitative estimate of drug-likeness (QED) is 0.787. The van der Waals surface area contributed by atoms with E-state index in [4.69, 9.17) is 0 Å². The fourth-order valence-electron chi connectivity index (χ4n) is 4.84. The molecule has 0 radical (unpaired) electrons. The zero-order chi connectivity index (χ0) is 19.6. The predicted octanol–water partition coefficient (Wildman–Crippen LogP) is 4.04. The second-order valence-electron chi connectivity index (χ2n) is 7.93. The van der Waals surface area contributed by atoms with Crippen LogP contribution in [0.25, 0.3) is 0 Å². The Morgan fingerprint density at radius 2 is 1.79 bits per heavy atom. The molecule has 0 saturated carbocycles. The lowest BCUT2D eigenvalue weighted by molar-refractivity contribution is -0.167. The van der Waals surface area contributed by atoms with Gasteiger partial charge in [0.05, 0.1) is 6.54 Å². The Morgan fingerprint density at radius 1 is 1.00 bits per heavy atom. The molecule has 6 heteroatoms. The standard InChI is InChI=1S/C22H26F3N3/c23-22(24,25)17-28-13-8-19-5-1-2-6-20(19)21(28)9-14-27(15-10-21)12-7-18-4-3-11-26-16-18/h1-6,11,16H,7-10,12-15,17H2. The van der Waals surface area contributed by atoms with E-state index in [9.17, 15) is 13.2 Å². The number of benzene rings is 1. The number of alkyl halides is 3. The highest BCUT2D eigenvalue weighted by Gasteiger charge is 2.47. The van der Waals surface area contributed by atoms with E-state index in [0.29, 0.717) is 13.0 Å². The van der Waals surface area contributed by atoms with Gasteiger partial charge < -0.3 is 4.90 Å². The lowest BCUT2D eigenvalue weighted by atomic mass is 9.74. The van der Waals surface area contributed by atoms with E-state index in [-0.39, 0.29) is 0 Å². The molecular formula is C22H26F3N3. The summed E-state index contributed by atoms with van der Waals surface area (Å²) in [6.45, 7) is 2.22. The average Bonchev–Trinajstić information content (AvgIpc) is 2.70. The molecule has 0 bridgehead atoms. The van der Waals surface area contributed by atoms with Crippen molar-refractivity contribution < 1.29 is 13.2 Å². The maximum atomic E-state index is 13.3. The van der Waals surface area contributed by atoms with Crippen LogP contribution >= 0.6 is 0 Å². The van der Waals surface area contributed by atoms with Crippen molar-refractivity contribution in [3.8, 4) is 0 Å². The molecular weight excluding hydrogens is 363 g/mol. The molecule has 0 N–H and O–H groups in total. The fourth-order valence-corrected chi connectivity index (χ4v) is 4.84. The largest absolute Gasteiger partial charge is 0.401 e. The van der Waals surface area contributed by atoms with Gasteiger partial charge in [-0.2, -0.15) is 13.2 Å². The van der Waals surface area contributed by atoms with Crippen LogP contribution in [0.5, 0.6) is 0 Å². The first-order chi connectivity index (χ1) is 13.5. The molecule has 28 heavy (non-hydrogen) atoms. The summed E-state index contributed by atoms with van der Waals surface area (Å²) in [7, 11) is 0. The lowest BCUT2D eigenvalue weighted by Gasteiger charge is -2.52. The van der Waals surface area contributed by atoms with Crippen LogP contribution in [0.2, 0.25) is 0 Å². The van der Waals surface area contributed by atoms with E-state index >= 15 is 0 Å². The maximum absolute atomic E-state index is 13.3. The van der Waals surface area contributed by atoms with Crippen molar-refractivity contribution in [2.75, 3.05) is 32.7 Å². The summed E-state index contributed by atoms with van der Waals surface area (Å²) >= 11 is 0. The van der Waals surface area contributed by atoms with Crippen molar-refractivity contribution in [3.05, 3.63) is 65.5 Å². The fraction of sp³-hybridized carbons (Fsp3) is 0.500. The van der Waals surface area contributed by atoms with Gasteiger partial charge in [-0.3, -0.25) is 9.88 Å². The second kappa shape index (κ2) is 7.84. The molecule has 3 heterocycles. The Labute approximate surface area is 164 Å². The molecule has 4 rings (SSSR count). The molecule has 1 saturated heterocycles. The Balaban J connectivity index is 1.50. The molecule has 1 fully saturated rings. The van der Waals surface area contributed by atoms with E-state index < -0.39 is 18.3 Å². The van der Waals surface area contributed by atoms with Crippen molar-refractivity contribution in [1.82, 2.24) is 14.8 Å². The molecule has 0 aliphatic carbocycles. The number of pyridine rings is 1. The van der Waals surface area contributed by atoms with Gasteiger partial charge in [-0.25, -0.2) is 0 Å². The molecule has 3 nitrogen and oxygen atoms in total. The van der Waals surface area contributed by atoms with Gasteiger partial charge in [-0.05, 0) is 48.4 Å². The van der Waals surface area contributed by atoms with Crippen LogP contribution < -0.4 is 0 Å². The van der Waals surface area contributed by atoms with Crippen LogP contribution in [0.4, 0.5) is 13.2 Å². The van der Waals surface area contributed by atoms with Crippen LogP contribution in [-0.2, 0) is 18.4 Å². The van der Waals surface area contributed by atoms with Gasteiger partial charge in [0, 0.05) is 44.1 Å². The molecule has 1 aromatic carbocycles. The summed E-state index contributed by atoms with van der Waals surface area (Å²) in [4.78, 5) is 8.23. The summed E-state index contributed by atoms with van der Waals surface area (Å²) < 4.78 is 39.8. The van der Waals surface area contributed by atoms with Crippen molar-refractivity contribution in [2.45, 2.75) is 37.4 Å². The normalized spacial score (nSPS) is 20.2. The van der Waals surface area contributed by atoms with Gasteiger partial charge in [0.25, 0.3) is 0 Å². The first-order valence-electron chi connectivity index (χ1n) is 9.98. The zero-order valence-corrected chi connectivity index (χ0v) is 16.0. The first kappa shape index (κ1) is 19.4. The number of aromatic nitrogens is 1. The summed E-state index contributed by atoms with van der Waals surface area (Å²) in [6, 6.07) is 12.1. The summed E-state index contributed by atoms with van der Waals surface area (Å²) in [5, 5.41) is 0. The molecule has 2 aliphatic rings. The summed E-state index contributed by atoms with van der Waals surface area (Å²) in [6.07, 6.45) is 2.58. The van der Waals surface area contributed by atoms with E-state index in [1.54, 1.807) is 11.1 Å². The number of likely N-dealkylation sites (tertiary alicyclic amines) is 1. The van der Waals surface area contributed by atoms with Crippen LogP contribution in [0, 0.1) is 0 Å². The van der Waals surface area contributed by atoms with E-state index in [1.807, 2.05) is 30.5 Å². The van der Waals surface area contributed by atoms with Gasteiger partial charge in [-0.15, -0.1) is 0 Å². The van der Waals surface area contributed by atoms with Crippen LogP contribution in [0.15, 0.2) is 48.8 Å². The Kier molecular flexibility index (Phi) is 5.43. The van der Waals surface area contributed by atoms with Crippen molar-refractivity contribution in [3.63, 3.8) is 0 Å². The highest BCUT2D eigenvalue weighted by atomic mass is 19.4. The topological polar surface area (TPSA) is 19.4 Å². The zero-order valence-electron chi connectivity index (χ0n) is 16.0. The molecule has 1 spiro atoms. The van der Waals surface area contributed by atoms with Gasteiger partial charge >= 0.3 is 6.18 Å². The minimum absolute atomic E-state index is 0.478. The van der Waals surface area contributed by atoms with E-state index in [0.717, 1.165) is 44.5 Å². The highest BCUT2D eigenvalue weighted by Crippen LogP contribution is 2.44. The van der Waals surface area contributed by atoms with Gasteiger partial charge in [0.15, 0.2) is 0 Å². The third-order valence-corrected chi connectivity index (χ3v) is 6.27. The number of nitrogens with zero attached hydrogens (tertiary/aromatic N) is 3. The Hall–Kier alpha value is -1.92. The van der Waals surface area contributed by atoms with Crippen LogP contribution in [0.1, 0.15) is 29.5 Å². The number of fused-ring (bicyclic) bond motifs is 2. The van der Waals surface area contributed by atoms with Crippen LogP contribution in [0.3, 0.4) is 0 Å². The third-order valence-electron chi connectivity index (χ3n) is 6.27. The molecule has 0 atom stereocenters. The first-order valence-corrected chi connectivity index (χ1v) is 9.98. The Bertz CT molecular complexity index is 783. The monoisotopic (exact) mass is 389 g/mol. The van der Waals surface area contributed by atoms with Gasteiger partial charge in [0.2, 0.25) is 0 Å². The van der Waals surface area contributed by atoms with E-state index in [2.05, 4.69) is 22.0 Å². The van der Waals surface area contributed by atoms with Gasteiger partial charge in [-0.1, -0.05) is 30.3 Å². The Morgan fingerprint density at radius 3 is 2.50 bits per heavy atom. The molecule has 2 aromatic rings. The van der Waals surface area contributed by atoms with E-state index in [1.165, 1.54) is 11.1 Å². The molecule has 1 aromatic heterocycles. The van der Waals surface area contributed by atoms with Crippen molar-refractivity contribution >= 4 is 0 Å².